The number of aryl methyl sites for hydroxylation is 2. The topological polar surface area (TPSA) is 61.4 Å². The molecule has 0 amide bonds. The Morgan fingerprint density at radius 2 is 1.71 bits per heavy atom. The largest absolute Gasteiger partial charge is 0.268 e. The SMILES string of the molecule is Cc1cc(C)n(Cc2nnc(Cc3ccn(Cc4c(Cl)cccc4Cl)n3)s2)n1. The van der Waals surface area contributed by atoms with Crippen LogP contribution in [-0.2, 0) is 19.5 Å². The second kappa shape index (κ2) is 8.03. The van der Waals surface area contributed by atoms with Gasteiger partial charge in [0.05, 0.1) is 24.5 Å². The third-order valence-electron chi connectivity index (χ3n) is 4.31. The number of hydrogen-bond acceptors (Lipinski definition) is 5. The number of halogens is 2. The molecule has 0 spiro atoms. The predicted octanol–water partition coefficient (Wildman–Crippen LogP) is 4.54. The molecule has 0 radical (unpaired) electrons. The Hall–Kier alpha value is -2.22. The zero-order valence-electron chi connectivity index (χ0n) is 15.4. The van der Waals surface area contributed by atoms with Gasteiger partial charge in [0.2, 0.25) is 0 Å². The quantitative estimate of drug-likeness (QED) is 0.448. The van der Waals surface area contributed by atoms with Gasteiger partial charge in [0, 0.05) is 33.9 Å². The number of aromatic nitrogens is 6. The molecule has 1 aromatic carbocycles. The molecule has 0 N–H and O–H groups in total. The van der Waals surface area contributed by atoms with Crippen LogP contribution in [0, 0.1) is 13.8 Å². The molecule has 144 valence electrons. The molecule has 0 fully saturated rings. The molecule has 28 heavy (non-hydrogen) atoms. The van der Waals surface area contributed by atoms with Gasteiger partial charge in [-0.3, -0.25) is 9.36 Å². The maximum absolute atomic E-state index is 6.25. The molecular formula is C19H18Cl2N6S. The van der Waals surface area contributed by atoms with E-state index in [0.717, 1.165) is 32.7 Å². The monoisotopic (exact) mass is 432 g/mol. The summed E-state index contributed by atoms with van der Waals surface area (Å²) in [6.45, 7) is 5.19. The normalized spacial score (nSPS) is 11.3. The zero-order chi connectivity index (χ0) is 19.7. The lowest BCUT2D eigenvalue weighted by Gasteiger charge is -2.06. The average Bonchev–Trinajstić information content (AvgIpc) is 3.34. The van der Waals surface area contributed by atoms with Gasteiger partial charge in [-0.25, -0.2) is 0 Å². The van der Waals surface area contributed by atoms with Crippen molar-refractivity contribution < 1.29 is 0 Å². The van der Waals surface area contributed by atoms with Crippen LogP contribution in [0.4, 0.5) is 0 Å². The van der Waals surface area contributed by atoms with Crippen LogP contribution >= 0.6 is 34.5 Å². The van der Waals surface area contributed by atoms with Crippen LogP contribution in [0.5, 0.6) is 0 Å². The third-order valence-corrected chi connectivity index (χ3v) is 5.92. The summed E-state index contributed by atoms with van der Waals surface area (Å²) in [4.78, 5) is 0. The molecule has 0 bridgehead atoms. The summed E-state index contributed by atoms with van der Waals surface area (Å²) < 4.78 is 3.78. The van der Waals surface area contributed by atoms with E-state index in [1.807, 2.05) is 53.7 Å². The van der Waals surface area contributed by atoms with Gasteiger partial charge in [-0.1, -0.05) is 40.6 Å². The highest BCUT2D eigenvalue weighted by molar-refractivity contribution is 7.11. The fourth-order valence-corrected chi connectivity index (χ4v) is 4.33. The van der Waals surface area contributed by atoms with Crippen molar-refractivity contribution in [2.24, 2.45) is 0 Å². The number of nitrogens with zero attached hydrogens (tertiary/aromatic N) is 6. The van der Waals surface area contributed by atoms with E-state index in [4.69, 9.17) is 23.2 Å². The molecule has 0 saturated carbocycles. The van der Waals surface area contributed by atoms with Gasteiger partial charge in [-0.15, -0.1) is 10.2 Å². The van der Waals surface area contributed by atoms with Gasteiger partial charge in [-0.2, -0.15) is 10.2 Å². The lowest BCUT2D eigenvalue weighted by molar-refractivity contribution is 0.650. The Balaban J connectivity index is 1.43. The molecule has 4 aromatic rings. The molecule has 4 rings (SSSR count). The van der Waals surface area contributed by atoms with E-state index < -0.39 is 0 Å². The molecule has 0 aliphatic heterocycles. The summed E-state index contributed by atoms with van der Waals surface area (Å²) in [5, 5.41) is 20.8. The smallest absolute Gasteiger partial charge is 0.139 e. The van der Waals surface area contributed by atoms with Crippen molar-refractivity contribution in [3.05, 3.63) is 79.2 Å². The van der Waals surface area contributed by atoms with Gasteiger partial charge in [0.1, 0.15) is 10.0 Å². The van der Waals surface area contributed by atoms with E-state index in [2.05, 4.69) is 26.5 Å². The first-order valence-corrected chi connectivity index (χ1v) is 10.3. The van der Waals surface area contributed by atoms with Crippen LogP contribution in [0.2, 0.25) is 10.0 Å². The Morgan fingerprint density at radius 1 is 0.964 bits per heavy atom. The molecule has 0 aliphatic carbocycles. The first kappa shape index (κ1) is 19.1. The Morgan fingerprint density at radius 3 is 2.43 bits per heavy atom. The summed E-state index contributed by atoms with van der Waals surface area (Å²) in [6, 6.07) is 9.53. The third kappa shape index (κ3) is 4.27. The van der Waals surface area contributed by atoms with Crippen LogP contribution in [0.25, 0.3) is 0 Å². The highest BCUT2D eigenvalue weighted by Gasteiger charge is 2.11. The average molecular weight is 433 g/mol. The van der Waals surface area contributed by atoms with Gasteiger partial charge in [0.15, 0.2) is 0 Å². The van der Waals surface area contributed by atoms with E-state index >= 15 is 0 Å². The molecule has 6 nitrogen and oxygen atoms in total. The maximum atomic E-state index is 6.25. The molecule has 0 aliphatic rings. The summed E-state index contributed by atoms with van der Waals surface area (Å²) in [7, 11) is 0. The van der Waals surface area contributed by atoms with Crippen LogP contribution in [0.1, 0.15) is 32.7 Å². The van der Waals surface area contributed by atoms with E-state index in [1.165, 1.54) is 0 Å². The Kier molecular flexibility index (Phi) is 5.48. The summed E-state index contributed by atoms with van der Waals surface area (Å²) in [6.07, 6.45) is 2.56. The Labute approximate surface area is 176 Å². The maximum Gasteiger partial charge on any atom is 0.139 e. The van der Waals surface area contributed by atoms with E-state index in [1.54, 1.807) is 11.3 Å². The van der Waals surface area contributed by atoms with Crippen molar-refractivity contribution in [2.45, 2.75) is 33.4 Å². The summed E-state index contributed by atoms with van der Waals surface area (Å²) in [5.41, 5.74) is 3.91. The van der Waals surface area contributed by atoms with E-state index in [0.29, 0.717) is 29.6 Å². The van der Waals surface area contributed by atoms with Crippen molar-refractivity contribution >= 4 is 34.5 Å². The Bertz CT molecular complexity index is 1090. The fraction of sp³-hybridized carbons (Fsp3) is 0.263. The van der Waals surface area contributed by atoms with Crippen molar-refractivity contribution in [1.29, 1.82) is 0 Å². The van der Waals surface area contributed by atoms with Crippen molar-refractivity contribution in [1.82, 2.24) is 29.8 Å². The zero-order valence-corrected chi connectivity index (χ0v) is 17.8. The minimum Gasteiger partial charge on any atom is -0.268 e. The second-order valence-electron chi connectivity index (χ2n) is 6.56. The highest BCUT2D eigenvalue weighted by Crippen LogP contribution is 2.25. The lowest BCUT2D eigenvalue weighted by atomic mass is 10.2. The van der Waals surface area contributed by atoms with Crippen LogP contribution in [0.3, 0.4) is 0 Å². The van der Waals surface area contributed by atoms with Crippen molar-refractivity contribution in [2.75, 3.05) is 0 Å². The number of hydrogen-bond donors (Lipinski definition) is 0. The van der Waals surface area contributed by atoms with Crippen molar-refractivity contribution in [3.63, 3.8) is 0 Å². The number of benzene rings is 1. The minimum absolute atomic E-state index is 0.526. The fourth-order valence-electron chi connectivity index (χ4n) is 2.97. The molecule has 0 unspecified atom stereocenters. The molecule has 9 heteroatoms. The van der Waals surface area contributed by atoms with Gasteiger partial charge in [0.25, 0.3) is 0 Å². The molecule has 0 atom stereocenters. The highest BCUT2D eigenvalue weighted by atomic mass is 35.5. The first-order chi connectivity index (χ1) is 13.5. The van der Waals surface area contributed by atoms with Gasteiger partial charge < -0.3 is 0 Å². The summed E-state index contributed by atoms with van der Waals surface area (Å²) >= 11 is 14.1. The molecule has 0 saturated heterocycles. The molecular weight excluding hydrogens is 415 g/mol. The summed E-state index contributed by atoms with van der Waals surface area (Å²) in [5.74, 6) is 0. The molecule has 3 heterocycles. The van der Waals surface area contributed by atoms with E-state index in [-0.39, 0.29) is 0 Å². The van der Waals surface area contributed by atoms with Crippen LogP contribution in [0.15, 0.2) is 36.5 Å². The standard InChI is InChI=1S/C19H18Cl2N6S/c1-12-8-13(2)27(24-12)11-19-23-22-18(28-19)9-14-6-7-26(25-14)10-15-16(20)4-3-5-17(15)21/h3-8H,9-11H2,1-2H3. The number of rotatable bonds is 6. The molecule has 3 aromatic heterocycles. The minimum atomic E-state index is 0.526. The van der Waals surface area contributed by atoms with Crippen LogP contribution in [-0.4, -0.2) is 29.8 Å². The van der Waals surface area contributed by atoms with Crippen molar-refractivity contribution in [3.8, 4) is 0 Å². The van der Waals surface area contributed by atoms with Gasteiger partial charge >= 0.3 is 0 Å². The second-order valence-corrected chi connectivity index (χ2v) is 8.52. The lowest BCUT2D eigenvalue weighted by Crippen LogP contribution is -2.03. The van der Waals surface area contributed by atoms with E-state index in [9.17, 15) is 0 Å². The first-order valence-electron chi connectivity index (χ1n) is 8.75. The van der Waals surface area contributed by atoms with Gasteiger partial charge in [-0.05, 0) is 38.1 Å². The van der Waals surface area contributed by atoms with Crippen LogP contribution < -0.4 is 0 Å². The predicted molar refractivity (Wildman–Crippen MR) is 111 cm³/mol.